The van der Waals surface area contributed by atoms with E-state index >= 15 is 0 Å². The zero-order valence-electron chi connectivity index (χ0n) is 15.9. The monoisotopic (exact) mass is 389 g/mol. The van der Waals surface area contributed by atoms with E-state index in [1.807, 2.05) is 6.07 Å². The van der Waals surface area contributed by atoms with E-state index in [9.17, 15) is 14.4 Å². The van der Waals surface area contributed by atoms with Gasteiger partial charge in [-0.2, -0.15) is 0 Å². The van der Waals surface area contributed by atoms with Gasteiger partial charge in [0, 0.05) is 29.5 Å². The number of benzene rings is 2. The number of hydrogen-bond donors (Lipinski definition) is 3. The molecule has 1 aromatic heterocycles. The van der Waals surface area contributed by atoms with E-state index in [4.69, 9.17) is 0 Å². The van der Waals surface area contributed by atoms with Gasteiger partial charge in [-0.1, -0.05) is 6.07 Å². The van der Waals surface area contributed by atoms with E-state index < -0.39 is 5.91 Å². The van der Waals surface area contributed by atoms with Gasteiger partial charge in [0.1, 0.15) is 0 Å². The third-order valence-corrected chi connectivity index (χ3v) is 3.90. The Morgan fingerprint density at radius 2 is 1.48 bits per heavy atom. The molecule has 8 heteroatoms. The topological polar surface area (TPSA) is 113 Å². The fourth-order valence-electron chi connectivity index (χ4n) is 2.53. The number of ketones is 1. The lowest BCUT2D eigenvalue weighted by atomic mass is 10.1. The molecular formula is C21H19N5O3. The van der Waals surface area contributed by atoms with Gasteiger partial charge in [0.25, 0.3) is 5.91 Å². The van der Waals surface area contributed by atoms with Crippen molar-refractivity contribution in [3.05, 3.63) is 71.9 Å². The van der Waals surface area contributed by atoms with Gasteiger partial charge in [-0.3, -0.25) is 14.4 Å². The molecule has 0 fully saturated rings. The van der Waals surface area contributed by atoms with Crippen molar-refractivity contribution in [3.63, 3.8) is 0 Å². The molecule has 0 atom stereocenters. The summed E-state index contributed by atoms with van der Waals surface area (Å²) in [4.78, 5) is 34.8. The summed E-state index contributed by atoms with van der Waals surface area (Å²) < 4.78 is 0. The molecule has 0 saturated carbocycles. The molecule has 3 N–H and O–H groups in total. The average Bonchev–Trinajstić information content (AvgIpc) is 2.68. The molecule has 0 unspecified atom stereocenters. The predicted octanol–water partition coefficient (Wildman–Crippen LogP) is 3.63. The van der Waals surface area contributed by atoms with Crippen molar-refractivity contribution in [1.82, 2.24) is 10.2 Å². The van der Waals surface area contributed by atoms with Gasteiger partial charge >= 0.3 is 0 Å². The van der Waals surface area contributed by atoms with Gasteiger partial charge in [-0.25, -0.2) is 0 Å². The van der Waals surface area contributed by atoms with Crippen LogP contribution in [-0.2, 0) is 4.79 Å². The van der Waals surface area contributed by atoms with Crippen LogP contribution in [0.1, 0.15) is 34.7 Å². The molecule has 0 saturated heterocycles. The van der Waals surface area contributed by atoms with Crippen LogP contribution in [0.15, 0.2) is 60.7 Å². The molecule has 8 nitrogen and oxygen atoms in total. The lowest BCUT2D eigenvalue weighted by Gasteiger charge is -2.08. The maximum Gasteiger partial charge on any atom is 0.276 e. The Balaban J connectivity index is 1.64. The number of carbonyl (C=O) groups excluding carboxylic acids is 3. The fourth-order valence-corrected chi connectivity index (χ4v) is 2.53. The largest absolute Gasteiger partial charge is 0.339 e. The highest BCUT2D eigenvalue weighted by molar-refractivity contribution is 6.03. The first-order valence-electron chi connectivity index (χ1n) is 8.81. The highest BCUT2D eigenvalue weighted by atomic mass is 16.2. The van der Waals surface area contributed by atoms with Crippen LogP contribution in [0.25, 0.3) is 0 Å². The van der Waals surface area contributed by atoms with Gasteiger partial charge in [0.05, 0.1) is 0 Å². The Bertz CT molecular complexity index is 1050. The molecule has 3 rings (SSSR count). The minimum absolute atomic E-state index is 0.0422. The first-order valence-corrected chi connectivity index (χ1v) is 8.81. The van der Waals surface area contributed by atoms with Gasteiger partial charge in [0.2, 0.25) is 5.91 Å². The zero-order chi connectivity index (χ0) is 20.8. The summed E-state index contributed by atoms with van der Waals surface area (Å²) in [6.07, 6.45) is 0. The molecule has 0 radical (unpaired) electrons. The van der Waals surface area contributed by atoms with Crippen molar-refractivity contribution in [2.75, 3.05) is 16.0 Å². The van der Waals surface area contributed by atoms with Crippen LogP contribution in [0.5, 0.6) is 0 Å². The molecule has 146 valence electrons. The van der Waals surface area contributed by atoms with E-state index in [-0.39, 0.29) is 17.4 Å². The summed E-state index contributed by atoms with van der Waals surface area (Å²) in [5.74, 6) is -0.160. The molecule has 29 heavy (non-hydrogen) atoms. The lowest BCUT2D eigenvalue weighted by Crippen LogP contribution is -2.14. The van der Waals surface area contributed by atoms with Crippen LogP contribution in [0.2, 0.25) is 0 Å². The van der Waals surface area contributed by atoms with Crippen LogP contribution in [0, 0.1) is 0 Å². The smallest absolute Gasteiger partial charge is 0.276 e. The Kier molecular flexibility index (Phi) is 5.94. The summed E-state index contributed by atoms with van der Waals surface area (Å²) in [7, 11) is 0. The normalized spacial score (nSPS) is 10.1. The number of nitrogens with zero attached hydrogens (tertiary/aromatic N) is 2. The molecule has 0 aliphatic carbocycles. The SMILES string of the molecule is CC(=O)Nc1cccc(Nc2ccc(C(=O)Nc3ccc(C(C)=O)cc3)nn2)c1. The van der Waals surface area contributed by atoms with Gasteiger partial charge < -0.3 is 16.0 Å². The molecule has 0 spiro atoms. The molecule has 2 aromatic carbocycles. The standard InChI is InChI=1S/C21H19N5O3/c1-13(27)15-6-8-16(9-7-15)24-21(29)19-10-11-20(26-25-19)23-18-5-3-4-17(12-18)22-14(2)28/h3-12H,1-2H3,(H,22,28)(H,23,26)(H,24,29). The third-order valence-electron chi connectivity index (χ3n) is 3.90. The summed E-state index contributed by atoms with van der Waals surface area (Å²) in [5.41, 5.74) is 2.65. The van der Waals surface area contributed by atoms with E-state index in [1.54, 1.807) is 54.6 Å². The molecule has 1 heterocycles. The maximum absolute atomic E-state index is 12.3. The molecule has 2 amide bonds. The number of rotatable bonds is 6. The first kappa shape index (κ1) is 19.7. The third kappa shape index (κ3) is 5.46. The summed E-state index contributed by atoms with van der Waals surface area (Å²) in [5, 5.41) is 16.4. The highest BCUT2D eigenvalue weighted by Gasteiger charge is 2.09. The summed E-state index contributed by atoms with van der Waals surface area (Å²) >= 11 is 0. The second-order valence-corrected chi connectivity index (χ2v) is 6.28. The van der Waals surface area contributed by atoms with Crippen LogP contribution < -0.4 is 16.0 Å². The number of amides is 2. The summed E-state index contributed by atoms with van der Waals surface area (Å²) in [6, 6.07) is 16.9. The van der Waals surface area contributed by atoms with Crippen molar-refractivity contribution >= 4 is 40.5 Å². The van der Waals surface area contributed by atoms with Crippen molar-refractivity contribution in [2.45, 2.75) is 13.8 Å². The zero-order valence-corrected chi connectivity index (χ0v) is 15.9. The van der Waals surface area contributed by atoms with E-state index in [0.29, 0.717) is 28.4 Å². The number of hydrogen-bond acceptors (Lipinski definition) is 6. The number of Topliss-reactive ketones (excluding diaryl/α,β-unsaturated/α-hetero) is 1. The van der Waals surface area contributed by atoms with E-state index in [0.717, 1.165) is 0 Å². The molecule has 0 aliphatic heterocycles. The average molecular weight is 389 g/mol. The molecule has 0 aliphatic rings. The lowest BCUT2D eigenvalue weighted by molar-refractivity contribution is -0.114. The van der Waals surface area contributed by atoms with Gasteiger partial charge in [-0.05, 0) is 61.5 Å². The molecule has 0 bridgehead atoms. The van der Waals surface area contributed by atoms with Crippen molar-refractivity contribution in [1.29, 1.82) is 0 Å². The fraction of sp³-hybridized carbons (Fsp3) is 0.0952. The number of aromatic nitrogens is 2. The number of nitrogens with one attached hydrogen (secondary N) is 3. The quantitative estimate of drug-likeness (QED) is 0.555. The van der Waals surface area contributed by atoms with Crippen molar-refractivity contribution < 1.29 is 14.4 Å². The van der Waals surface area contributed by atoms with Gasteiger partial charge in [-0.15, -0.1) is 10.2 Å². The highest BCUT2D eigenvalue weighted by Crippen LogP contribution is 2.19. The van der Waals surface area contributed by atoms with Gasteiger partial charge in [0.15, 0.2) is 17.3 Å². The second kappa shape index (κ2) is 8.75. The van der Waals surface area contributed by atoms with Crippen LogP contribution in [0.3, 0.4) is 0 Å². The Hall–Kier alpha value is -4.07. The Morgan fingerprint density at radius 1 is 0.759 bits per heavy atom. The molecule has 3 aromatic rings. The Labute approximate surface area is 167 Å². The molecular weight excluding hydrogens is 370 g/mol. The van der Waals surface area contributed by atoms with Crippen molar-refractivity contribution in [2.24, 2.45) is 0 Å². The second-order valence-electron chi connectivity index (χ2n) is 6.28. The van der Waals surface area contributed by atoms with E-state index in [1.165, 1.54) is 13.8 Å². The van der Waals surface area contributed by atoms with Crippen molar-refractivity contribution in [3.8, 4) is 0 Å². The van der Waals surface area contributed by atoms with Crippen LogP contribution >= 0.6 is 0 Å². The minimum atomic E-state index is -0.410. The Morgan fingerprint density at radius 3 is 2.10 bits per heavy atom. The van der Waals surface area contributed by atoms with Crippen LogP contribution in [-0.4, -0.2) is 27.8 Å². The number of anilines is 4. The maximum atomic E-state index is 12.3. The number of carbonyl (C=O) groups is 3. The minimum Gasteiger partial charge on any atom is -0.339 e. The van der Waals surface area contributed by atoms with E-state index in [2.05, 4.69) is 26.1 Å². The predicted molar refractivity (Wildman–Crippen MR) is 110 cm³/mol. The first-order chi connectivity index (χ1) is 13.9. The van der Waals surface area contributed by atoms with Crippen LogP contribution in [0.4, 0.5) is 22.9 Å². The summed E-state index contributed by atoms with van der Waals surface area (Å²) in [6.45, 7) is 2.92.